The zero-order valence-electron chi connectivity index (χ0n) is 14.1. The second-order valence-electron chi connectivity index (χ2n) is 6.48. The van der Waals surface area contributed by atoms with E-state index in [4.69, 9.17) is 4.74 Å². The monoisotopic (exact) mass is 320 g/mol. The van der Waals surface area contributed by atoms with Gasteiger partial charge in [-0.2, -0.15) is 0 Å². The molecule has 2 unspecified atom stereocenters. The SMILES string of the molecule is COCc1ccc(CNC(=O)CN(C)CC2CCCC2O)cc1. The topological polar surface area (TPSA) is 61.8 Å². The van der Waals surface area contributed by atoms with Gasteiger partial charge in [0.25, 0.3) is 0 Å². The highest BCUT2D eigenvalue weighted by atomic mass is 16.5. The van der Waals surface area contributed by atoms with E-state index in [0.29, 0.717) is 25.6 Å². The van der Waals surface area contributed by atoms with Gasteiger partial charge in [-0.15, -0.1) is 0 Å². The smallest absolute Gasteiger partial charge is 0.234 e. The van der Waals surface area contributed by atoms with Gasteiger partial charge in [-0.3, -0.25) is 9.69 Å². The number of benzene rings is 1. The number of aliphatic hydroxyl groups excluding tert-OH is 1. The molecule has 1 amide bonds. The molecule has 0 saturated heterocycles. The molecular formula is C18H28N2O3. The molecule has 0 radical (unpaired) electrons. The number of nitrogens with zero attached hydrogens (tertiary/aromatic N) is 1. The Bertz CT molecular complexity index is 490. The normalized spacial score (nSPS) is 20.9. The Hall–Kier alpha value is -1.43. The molecule has 23 heavy (non-hydrogen) atoms. The van der Waals surface area contributed by atoms with Gasteiger partial charge in [-0.25, -0.2) is 0 Å². The molecule has 1 aromatic rings. The van der Waals surface area contributed by atoms with Crippen molar-refractivity contribution in [2.24, 2.45) is 5.92 Å². The summed E-state index contributed by atoms with van der Waals surface area (Å²) in [5.41, 5.74) is 2.20. The van der Waals surface area contributed by atoms with Crippen LogP contribution in [0.1, 0.15) is 30.4 Å². The lowest BCUT2D eigenvalue weighted by Crippen LogP contribution is -2.38. The number of aliphatic hydroxyl groups is 1. The first-order valence-corrected chi connectivity index (χ1v) is 8.28. The second-order valence-corrected chi connectivity index (χ2v) is 6.48. The molecule has 1 saturated carbocycles. The van der Waals surface area contributed by atoms with Crippen LogP contribution in [-0.4, -0.2) is 49.3 Å². The molecule has 5 nitrogen and oxygen atoms in total. The number of hydrogen-bond donors (Lipinski definition) is 2. The number of carbonyl (C=O) groups excluding carboxylic acids is 1. The van der Waals surface area contributed by atoms with Gasteiger partial charge in [-0.05, 0) is 36.9 Å². The van der Waals surface area contributed by atoms with Crippen LogP contribution in [0.4, 0.5) is 0 Å². The molecule has 2 atom stereocenters. The molecule has 2 rings (SSSR count). The van der Waals surface area contributed by atoms with E-state index in [2.05, 4.69) is 5.32 Å². The van der Waals surface area contributed by atoms with Gasteiger partial charge in [-0.1, -0.05) is 30.7 Å². The van der Waals surface area contributed by atoms with Gasteiger partial charge in [0.15, 0.2) is 0 Å². The standard InChI is InChI=1S/C18H28N2O3/c1-20(11-16-4-3-5-17(16)21)12-18(22)19-10-14-6-8-15(9-7-14)13-23-2/h6-9,16-17,21H,3-5,10-13H2,1-2H3,(H,19,22). The van der Waals surface area contributed by atoms with E-state index in [1.807, 2.05) is 36.2 Å². The minimum absolute atomic E-state index is 0.0148. The third-order valence-electron chi connectivity index (χ3n) is 4.40. The van der Waals surface area contributed by atoms with Gasteiger partial charge in [0, 0.05) is 20.2 Å². The Morgan fingerprint density at radius 2 is 2.00 bits per heavy atom. The number of hydrogen-bond acceptors (Lipinski definition) is 4. The van der Waals surface area contributed by atoms with E-state index in [1.54, 1.807) is 7.11 Å². The van der Waals surface area contributed by atoms with Crippen LogP contribution in [0.5, 0.6) is 0 Å². The average molecular weight is 320 g/mol. The van der Waals surface area contributed by atoms with E-state index < -0.39 is 0 Å². The molecule has 2 N–H and O–H groups in total. The van der Waals surface area contributed by atoms with Crippen LogP contribution in [-0.2, 0) is 22.7 Å². The zero-order chi connectivity index (χ0) is 16.7. The third kappa shape index (κ3) is 5.94. The van der Waals surface area contributed by atoms with Crippen LogP contribution in [0.2, 0.25) is 0 Å². The van der Waals surface area contributed by atoms with Gasteiger partial charge in [0.05, 0.1) is 19.3 Å². The highest BCUT2D eigenvalue weighted by Gasteiger charge is 2.26. The van der Waals surface area contributed by atoms with Crippen LogP contribution in [0.25, 0.3) is 0 Å². The fourth-order valence-electron chi connectivity index (χ4n) is 3.12. The summed E-state index contributed by atoms with van der Waals surface area (Å²) in [6.45, 7) is 2.28. The quantitative estimate of drug-likeness (QED) is 0.763. The van der Waals surface area contributed by atoms with Gasteiger partial charge < -0.3 is 15.2 Å². The molecule has 0 aromatic heterocycles. The van der Waals surface area contributed by atoms with E-state index in [9.17, 15) is 9.90 Å². The number of ether oxygens (including phenoxy) is 1. The lowest BCUT2D eigenvalue weighted by molar-refractivity contribution is -0.122. The molecule has 1 aliphatic carbocycles. The Morgan fingerprint density at radius 1 is 1.30 bits per heavy atom. The zero-order valence-corrected chi connectivity index (χ0v) is 14.1. The summed E-state index contributed by atoms with van der Waals surface area (Å²) >= 11 is 0. The second kappa shape index (κ2) is 9.01. The van der Waals surface area contributed by atoms with Gasteiger partial charge in [0.2, 0.25) is 5.91 Å². The van der Waals surface area contributed by atoms with Crippen molar-refractivity contribution in [3.8, 4) is 0 Å². The number of rotatable bonds is 8. The first-order chi connectivity index (χ1) is 11.1. The summed E-state index contributed by atoms with van der Waals surface area (Å²) in [7, 11) is 3.61. The maximum atomic E-state index is 12.0. The summed E-state index contributed by atoms with van der Waals surface area (Å²) in [5.74, 6) is 0.321. The number of carbonyl (C=O) groups is 1. The highest BCUT2D eigenvalue weighted by Crippen LogP contribution is 2.25. The van der Waals surface area contributed by atoms with Crippen LogP contribution >= 0.6 is 0 Å². The van der Waals surface area contributed by atoms with E-state index >= 15 is 0 Å². The molecule has 5 heteroatoms. The number of nitrogens with one attached hydrogen (secondary N) is 1. The molecule has 0 heterocycles. The van der Waals surface area contributed by atoms with Crippen molar-refractivity contribution in [1.82, 2.24) is 10.2 Å². The summed E-state index contributed by atoms with van der Waals surface area (Å²) in [6.07, 6.45) is 2.83. The minimum atomic E-state index is -0.203. The fraction of sp³-hybridized carbons (Fsp3) is 0.611. The number of likely N-dealkylation sites (N-methyl/N-ethyl adjacent to an activating group) is 1. The van der Waals surface area contributed by atoms with E-state index in [0.717, 1.165) is 36.9 Å². The van der Waals surface area contributed by atoms with Crippen LogP contribution in [0.3, 0.4) is 0 Å². The van der Waals surface area contributed by atoms with Crippen molar-refractivity contribution in [2.45, 2.75) is 38.5 Å². The first-order valence-electron chi connectivity index (χ1n) is 8.28. The summed E-state index contributed by atoms with van der Waals surface area (Å²) in [6, 6.07) is 8.04. The minimum Gasteiger partial charge on any atom is -0.393 e. The Labute approximate surface area is 138 Å². The Morgan fingerprint density at radius 3 is 2.61 bits per heavy atom. The van der Waals surface area contributed by atoms with Crippen molar-refractivity contribution in [3.63, 3.8) is 0 Å². The predicted molar refractivity (Wildman–Crippen MR) is 89.8 cm³/mol. The van der Waals surface area contributed by atoms with Crippen molar-refractivity contribution < 1.29 is 14.6 Å². The molecule has 0 bridgehead atoms. The van der Waals surface area contributed by atoms with Gasteiger partial charge in [0.1, 0.15) is 0 Å². The average Bonchev–Trinajstić information content (AvgIpc) is 2.92. The Kier molecular flexibility index (Phi) is 7.02. The van der Waals surface area contributed by atoms with Crippen LogP contribution in [0, 0.1) is 5.92 Å². The van der Waals surface area contributed by atoms with Gasteiger partial charge >= 0.3 is 0 Å². The molecule has 0 aliphatic heterocycles. The summed E-state index contributed by atoms with van der Waals surface area (Å²) < 4.78 is 5.08. The van der Waals surface area contributed by atoms with Crippen molar-refractivity contribution in [2.75, 3.05) is 27.2 Å². The summed E-state index contributed by atoms with van der Waals surface area (Å²) in [4.78, 5) is 14.0. The lowest BCUT2D eigenvalue weighted by Gasteiger charge is -2.22. The Balaban J connectivity index is 1.69. The van der Waals surface area contributed by atoms with Crippen molar-refractivity contribution >= 4 is 5.91 Å². The fourth-order valence-corrected chi connectivity index (χ4v) is 3.12. The molecule has 1 aromatic carbocycles. The van der Waals surface area contributed by atoms with Crippen LogP contribution < -0.4 is 5.32 Å². The maximum Gasteiger partial charge on any atom is 0.234 e. The largest absolute Gasteiger partial charge is 0.393 e. The van der Waals surface area contributed by atoms with Crippen LogP contribution in [0.15, 0.2) is 24.3 Å². The lowest BCUT2D eigenvalue weighted by atomic mass is 10.1. The molecule has 1 fully saturated rings. The van der Waals surface area contributed by atoms with E-state index in [-0.39, 0.29) is 12.0 Å². The molecule has 1 aliphatic rings. The third-order valence-corrected chi connectivity index (χ3v) is 4.40. The summed E-state index contributed by atoms with van der Waals surface area (Å²) in [5, 5.41) is 12.8. The van der Waals surface area contributed by atoms with E-state index in [1.165, 1.54) is 0 Å². The van der Waals surface area contributed by atoms with Crippen molar-refractivity contribution in [3.05, 3.63) is 35.4 Å². The number of amides is 1. The predicted octanol–water partition coefficient (Wildman–Crippen LogP) is 1.54. The van der Waals surface area contributed by atoms with Crippen molar-refractivity contribution in [1.29, 1.82) is 0 Å². The molecular weight excluding hydrogens is 292 g/mol. The highest BCUT2D eigenvalue weighted by molar-refractivity contribution is 5.77. The molecule has 128 valence electrons. The number of methoxy groups -OCH3 is 1. The first kappa shape index (κ1) is 17.9. The molecule has 0 spiro atoms. The maximum absolute atomic E-state index is 12.0.